The van der Waals surface area contributed by atoms with Crippen LogP contribution in [0.2, 0.25) is 5.02 Å². The van der Waals surface area contributed by atoms with Gasteiger partial charge in [-0.05, 0) is 40.6 Å². The number of ether oxygens (including phenoxy) is 1. The van der Waals surface area contributed by atoms with E-state index in [0.717, 1.165) is 11.6 Å². The van der Waals surface area contributed by atoms with Crippen molar-refractivity contribution in [2.45, 2.75) is 6.10 Å². The lowest BCUT2D eigenvalue weighted by Gasteiger charge is -2.17. The van der Waals surface area contributed by atoms with Crippen LogP contribution in [-0.4, -0.2) is 36.7 Å². The van der Waals surface area contributed by atoms with Gasteiger partial charge in [-0.1, -0.05) is 11.6 Å². The maximum atomic E-state index is 13.1. The molecule has 1 aromatic heterocycles. The molecular weight excluding hydrogens is 371 g/mol. The highest BCUT2D eigenvalue weighted by Crippen LogP contribution is 2.20. The third-order valence-electron chi connectivity index (χ3n) is 3.16. The standard InChI is InChI=1S/C16H16ClFN2O4S/c17-12-7-11(1-2-13(12)18)20-16(23)15(22)19-8-14(24-5-4-21)10-3-6-25-9-10/h1-3,6-7,9,14,21H,4-5,8H2,(H,19,22)(H,20,23). The Bertz CT molecular complexity index is 727. The van der Waals surface area contributed by atoms with Gasteiger partial charge in [-0.25, -0.2) is 4.39 Å². The Hall–Kier alpha value is -2.00. The average Bonchev–Trinajstić information content (AvgIpc) is 3.12. The van der Waals surface area contributed by atoms with Gasteiger partial charge in [-0.3, -0.25) is 9.59 Å². The second kappa shape index (κ2) is 9.47. The monoisotopic (exact) mass is 386 g/mol. The minimum atomic E-state index is -0.908. The molecule has 0 spiro atoms. The summed E-state index contributed by atoms with van der Waals surface area (Å²) in [5, 5.41) is 17.2. The number of anilines is 1. The Morgan fingerprint density at radius 2 is 2.12 bits per heavy atom. The summed E-state index contributed by atoms with van der Waals surface area (Å²) in [7, 11) is 0. The van der Waals surface area contributed by atoms with Crippen LogP contribution in [0.4, 0.5) is 10.1 Å². The van der Waals surface area contributed by atoms with Crippen LogP contribution < -0.4 is 10.6 Å². The topological polar surface area (TPSA) is 87.7 Å². The summed E-state index contributed by atoms with van der Waals surface area (Å²) in [6, 6.07) is 5.43. The zero-order valence-electron chi connectivity index (χ0n) is 13.0. The van der Waals surface area contributed by atoms with Crippen molar-refractivity contribution in [3.63, 3.8) is 0 Å². The Morgan fingerprint density at radius 3 is 2.76 bits per heavy atom. The first-order valence-electron chi connectivity index (χ1n) is 7.30. The van der Waals surface area contributed by atoms with E-state index in [0.29, 0.717) is 0 Å². The summed E-state index contributed by atoms with van der Waals surface area (Å²) in [5.74, 6) is -2.40. The van der Waals surface area contributed by atoms with Crippen molar-refractivity contribution in [2.75, 3.05) is 25.1 Å². The lowest BCUT2D eigenvalue weighted by atomic mass is 10.2. The van der Waals surface area contributed by atoms with Crippen molar-refractivity contribution in [3.8, 4) is 0 Å². The van der Waals surface area contributed by atoms with E-state index in [-0.39, 0.29) is 30.5 Å². The van der Waals surface area contributed by atoms with Gasteiger partial charge in [-0.15, -0.1) is 0 Å². The molecule has 1 atom stereocenters. The first-order chi connectivity index (χ1) is 12.0. The van der Waals surface area contributed by atoms with Gasteiger partial charge < -0.3 is 20.5 Å². The summed E-state index contributed by atoms with van der Waals surface area (Å²) in [6.07, 6.45) is -0.476. The molecule has 3 N–H and O–H groups in total. The number of aliphatic hydroxyl groups is 1. The smallest absolute Gasteiger partial charge is 0.313 e. The van der Waals surface area contributed by atoms with Crippen LogP contribution in [0.25, 0.3) is 0 Å². The number of thiophene rings is 1. The maximum absolute atomic E-state index is 13.1. The largest absolute Gasteiger partial charge is 0.394 e. The van der Waals surface area contributed by atoms with E-state index in [1.807, 2.05) is 16.8 Å². The fraction of sp³-hybridized carbons (Fsp3) is 0.250. The summed E-state index contributed by atoms with van der Waals surface area (Å²) >= 11 is 7.09. The van der Waals surface area contributed by atoms with Crippen LogP contribution in [0.3, 0.4) is 0 Å². The highest BCUT2D eigenvalue weighted by molar-refractivity contribution is 7.07. The number of halogens is 2. The number of nitrogens with one attached hydrogen (secondary N) is 2. The second-order valence-electron chi connectivity index (χ2n) is 4.93. The summed E-state index contributed by atoms with van der Waals surface area (Å²) in [6.45, 7) is 0.0181. The third-order valence-corrected chi connectivity index (χ3v) is 4.15. The van der Waals surface area contributed by atoms with Crippen molar-refractivity contribution in [2.24, 2.45) is 0 Å². The van der Waals surface area contributed by atoms with Gasteiger partial charge in [0.2, 0.25) is 0 Å². The molecule has 6 nitrogen and oxygen atoms in total. The molecule has 2 amide bonds. The Balaban J connectivity index is 1.90. The second-order valence-corrected chi connectivity index (χ2v) is 6.12. The van der Waals surface area contributed by atoms with Crippen molar-refractivity contribution in [1.29, 1.82) is 0 Å². The van der Waals surface area contributed by atoms with E-state index in [9.17, 15) is 14.0 Å². The Morgan fingerprint density at radius 1 is 1.32 bits per heavy atom. The average molecular weight is 387 g/mol. The quantitative estimate of drug-likeness (QED) is 0.637. The highest BCUT2D eigenvalue weighted by atomic mass is 35.5. The molecule has 0 bridgehead atoms. The molecule has 0 radical (unpaired) electrons. The van der Waals surface area contributed by atoms with E-state index >= 15 is 0 Å². The lowest BCUT2D eigenvalue weighted by molar-refractivity contribution is -0.136. The zero-order valence-corrected chi connectivity index (χ0v) is 14.6. The van der Waals surface area contributed by atoms with Crippen LogP contribution in [0, 0.1) is 5.82 Å². The van der Waals surface area contributed by atoms with E-state index < -0.39 is 23.7 Å². The molecular formula is C16H16ClFN2O4S. The number of rotatable bonds is 7. The molecule has 0 aliphatic carbocycles. The predicted molar refractivity (Wildman–Crippen MR) is 93.1 cm³/mol. The van der Waals surface area contributed by atoms with Gasteiger partial charge in [0.1, 0.15) is 11.9 Å². The number of aliphatic hydroxyl groups excluding tert-OH is 1. The van der Waals surface area contributed by atoms with Gasteiger partial charge in [0, 0.05) is 12.2 Å². The molecule has 25 heavy (non-hydrogen) atoms. The van der Waals surface area contributed by atoms with Gasteiger partial charge in [0.25, 0.3) is 0 Å². The van der Waals surface area contributed by atoms with Crippen molar-refractivity contribution in [1.82, 2.24) is 5.32 Å². The van der Waals surface area contributed by atoms with Crippen LogP contribution in [0.15, 0.2) is 35.0 Å². The molecule has 2 aromatic rings. The van der Waals surface area contributed by atoms with Crippen LogP contribution >= 0.6 is 22.9 Å². The summed E-state index contributed by atoms with van der Waals surface area (Å²) in [5.41, 5.74) is 1.04. The summed E-state index contributed by atoms with van der Waals surface area (Å²) < 4.78 is 18.5. The van der Waals surface area contributed by atoms with Crippen molar-refractivity contribution >= 4 is 40.4 Å². The zero-order chi connectivity index (χ0) is 18.2. The number of carbonyl (C=O) groups excluding carboxylic acids is 2. The first-order valence-corrected chi connectivity index (χ1v) is 8.62. The normalized spacial score (nSPS) is 11.8. The number of carbonyl (C=O) groups is 2. The number of hydrogen-bond donors (Lipinski definition) is 3. The number of amides is 2. The molecule has 2 rings (SSSR count). The minimum Gasteiger partial charge on any atom is -0.394 e. The van der Waals surface area contributed by atoms with Crippen LogP contribution in [0.1, 0.15) is 11.7 Å². The molecule has 0 aliphatic rings. The fourth-order valence-corrected chi connectivity index (χ4v) is 2.84. The molecule has 1 aromatic carbocycles. The molecule has 1 heterocycles. The molecule has 0 saturated heterocycles. The molecule has 1 unspecified atom stereocenters. The SMILES string of the molecule is O=C(NCC(OCCO)c1ccsc1)C(=O)Nc1ccc(F)c(Cl)c1. The van der Waals surface area contributed by atoms with Gasteiger partial charge in [0.05, 0.1) is 18.2 Å². The van der Waals surface area contributed by atoms with Crippen molar-refractivity contribution in [3.05, 3.63) is 51.4 Å². The van der Waals surface area contributed by atoms with Gasteiger partial charge in [0.15, 0.2) is 0 Å². The summed E-state index contributed by atoms with van der Waals surface area (Å²) in [4.78, 5) is 23.8. The van der Waals surface area contributed by atoms with Crippen molar-refractivity contribution < 1.29 is 23.8 Å². The van der Waals surface area contributed by atoms with E-state index in [1.165, 1.54) is 23.5 Å². The lowest BCUT2D eigenvalue weighted by Crippen LogP contribution is -2.38. The number of benzene rings is 1. The van der Waals surface area contributed by atoms with E-state index in [4.69, 9.17) is 21.4 Å². The van der Waals surface area contributed by atoms with Gasteiger partial charge >= 0.3 is 11.8 Å². The highest BCUT2D eigenvalue weighted by Gasteiger charge is 2.18. The fourth-order valence-electron chi connectivity index (χ4n) is 1.95. The predicted octanol–water partition coefficient (Wildman–Crippen LogP) is 2.35. The first kappa shape index (κ1) is 19.3. The molecule has 0 aliphatic heterocycles. The van der Waals surface area contributed by atoms with Gasteiger partial charge in [-0.2, -0.15) is 11.3 Å². The molecule has 0 fully saturated rings. The molecule has 0 saturated carbocycles. The Labute approximate surface area is 152 Å². The third kappa shape index (κ3) is 5.79. The molecule has 134 valence electrons. The Kier molecular flexibility index (Phi) is 7.32. The van der Waals surface area contributed by atoms with Crippen LogP contribution in [-0.2, 0) is 14.3 Å². The number of hydrogen-bond acceptors (Lipinski definition) is 5. The molecule has 9 heteroatoms. The maximum Gasteiger partial charge on any atom is 0.313 e. The van der Waals surface area contributed by atoms with Crippen LogP contribution in [0.5, 0.6) is 0 Å². The minimum absolute atomic E-state index is 0.0627. The van der Waals surface area contributed by atoms with E-state index in [2.05, 4.69) is 10.6 Å². The van der Waals surface area contributed by atoms with E-state index in [1.54, 1.807) is 0 Å².